The summed E-state index contributed by atoms with van der Waals surface area (Å²) in [4.78, 5) is 27.0. The van der Waals surface area contributed by atoms with Crippen molar-refractivity contribution in [3.63, 3.8) is 0 Å². The highest BCUT2D eigenvalue weighted by Crippen LogP contribution is 2.35. The molecule has 2 N–H and O–H groups in total. The molecule has 0 saturated carbocycles. The molecule has 12 heteroatoms. The number of rotatable bonds is 9. The number of carbonyl (C=O) groups is 1. The average Bonchev–Trinajstić information content (AvgIpc) is 3.50. The van der Waals surface area contributed by atoms with Gasteiger partial charge in [0.05, 0.1) is 35.9 Å². The molecular weight excluding hydrogens is 563 g/mol. The van der Waals surface area contributed by atoms with E-state index in [1.54, 1.807) is 53.4 Å². The Morgan fingerprint density at radius 3 is 2.77 bits per heavy atom. The maximum Gasteiger partial charge on any atom is 0.246 e. The van der Waals surface area contributed by atoms with E-state index >= 15 is 4.39 Å². The van der Waals surface area contributed by atoms with E-state index in [1.807, 2.05) is 25.1 Å². The molecular formula is C32H31FN8O3. The van der Waals surface area contributed by atoms with Crippen LogP contribution in [0.2, 0.25) is 0 Å². The first-order valence-corrected chi connectivity index (χ1v) is 14.1. The lowest BCUT2D eigenvalue weighted by Crippen LogP contribution is -2.44. The van der Waals surface area contributed by atoms with Gasteiger partial charge in [-0.05, 0) is 56.2 Å². The quantitative estimate of drug-likeness (QED) is 0.204. The Morgan fingerprint density at radius 2 is 2.00 bits per heavy atom. The van der Waals surface area contributed by atoms with Gasteiger partial charge in [-0.1, -0.05) is 6.58 Å². The van der Waals surface area contributed by atoms with E-state index in [-0.39, 0.29) is 17.6 Å². The summed E-state index contributed by atoms with van der Waals surface area (Å²) in [7, 11) is 1.59. The van der Waals surface area contributed by atoms with Gasteiger partial charge in [-0.25, -0.2) is 19.0 Å². The van der Waals surface area contributed by atoms with Crippen molar-refractivity contribution in [2.24, 2.45) is 0 Å². The van der Waals surface area contributed by atoms with Crippen molar-refractivity contribution in [3.05, 3.63) is 91.4 Å². The average molecular weight is 595 g/mol. The lowest BCUT2D eigenvalue weighted by Gasteiger charge is -2.33. The van der Waals surface area contributed by atoms with Crippen LogP contribution >= 0.6 is 0 Å². The molecule has 44 heavy (non-hydrogen) atoms. The Bertz CT molecular complexity index is 1820. The molecule has 1 aliphatic heterocycles. The molecule has 0 radical (unpaired) electrons. The number of anilines is 3. The molecule has 224 valence electrons. The van der Waals surface area contributed by atoms with Crippen LogP contribution in [0.3, 0.4) is 0 Å². The summed E-state index contributed by atoms with van der Waals surface area (Å²) in [5.41, 5.74) is 3.25. The number of hydrogen-bond acceptors (Lipinski definition) is 9. The van der Waals surface area contributed by atoms with E-state index in [0.29, 0.717) is 47.2 Å². The largest absolute Gasteiger partial charge is 0.495 e. The van der Waals surface area contributed by atoms with E-state index in [4.69, 9.17) is 9.47 Å². The molecule has 3 aromatic heterocycles. The molecule has 1 fully saturated rings. The first-order chi connectivity index (χ1) is 21.4. The molecule has 2 aromatic carbocycles. The van der Waals surface area contributed by atoms with E-state index < -0.39 is 5.82 Å². The first kappa shape index (κ1) is 28.6. The second kappa shape index (κ2) is 12.4. The number of hydrogen-bond donors (Lipinski definition) is 2. The van der Waals surface area contributed by atoms with E-state index in [9.17, 15) is 4.79 Å². The van der Waals surface area contributed by atoms with Crippen molar-refractivity contribution >= 4 is 34.0 Å². The van der Waals surface area contributed by atoms with Gasteiger partial charge in [-0.3, -0.25) is 9.78 Å². The molecule has 5 aromatic rings. The van der Waals surface area contributed by atoms with Gasteiger partial charge in [0.2, 0.25) is 11.8 Å². The molecule has 0 spiro atoms. The lowest BCUT2D eigenvalue weighted by atomic mass is 10.0. The minimum Gasteiger partial charge on any atom is -0.495 e. The molecule has 0 unspecified atom stereocenters. The smallest absolute Gasteiger partial charge is 0.246 e. The number of benzene rings is 2. The molecule has 11 nitrogen and oxygen atoms in total. The molecule has 1 saturated heterocycles. The van der Waals surface area contributed by atoms with Crippen LogP contribution in [0, 0.1) is 12.7 Å². The molecule has 1 atom stereocenters. The summed E-state index contributed by atoms with van der Waals surface area (Å²) in [6.45, 7) is 6.76. The number of pyridine rings is 1. The monoisotopic (exact) mass is 594 g/mol. The summed E-state index contributed by atoms with van der Waals surface area (Å²) in [5, 5.41) is 11.7. The Labute approximate surface area is 253 Å². The topological polar surface area (TPSA) is 119 Å². The molecule has 4 heterocycles. The van der Waals surface area contributed by atoms with Gasteiger partial charge in [0.25, 0.3) is 0 Å². The van der Waals surface area contributed by atoms with Gasteiger partial charge >= 0.3 is 0 Å². The van der Waals surface area contributed by atoms with Crippen molar-refractivity contribution in [2.75, 3.05) is 30.8 Å². The molecule has 0 aliphatic carbocycles. The predicted octanol–water partition coefficient (Wildman–Crippen LogP) is 5.79. The summed E-state index contributed by atoms with van der Waals surface area (Å²) < 4.78 is 28.4. The van der Waals surface area contributed by atoms with Crippen molar-refractivity contribution in [3.8, 4) is 23.1 Å². The fourth-order valence-electron chi connectivity index (χ4n) is 5.12. The van der Waals surface area contributed by atoms with Crippen LogP contribution in [0.5, 0.6) is 17.4 Å². The maximum atomic E-state index is 15.3. The van der Waals surface area contributed by atoms with Crippen LogP contribution < -0.4 is 20.1 Å². The second-order valence-electron chi connectivity index (χ2n) is 10.4. The number of amides is 1. The number of nitrogens with one attached hydrogen (secondary N) is 2. The fraction of sp³-hybridized carbons (Fsp3) is 0.219. The zero-order valence-corrected chi connectivity index (χ0v) is 24.3. The third kappa shape index (κ3) is 6.14. The van der Waals surface area contributed by atoms with Gasteiger partial charge < -0.3 is 25.0 Å². The van der Waals surface area contributed by atoms with Gasteiger partial charge in [0.15, 0.2) is 0 Å². The Balaban J connectivity index is 1.20. The lowest BCUT2D eigenvalue weighted by molar-refractivity contribution is -0.127. The number of piperidine rings is 1. The number of likely N-dealkylation sites (tertiary alicyclic amines) is 1. The van der Waals surface area contributed by atoms with Crippen LogP contribution in [-0.4, -0.2) is 61.8 Å². The Morgan fingerprint density at radius 1 is 1.11 bits per heavy atom. The van der Waals surface area contributed by atoms with Gasteiger partial charge in [-0.2, -0.15) is 0 Å². The summed E-state index contributed by atoms with van der Waals surface area (Å²) >= 11 is 0. The summed E-state index contributed by atoms with van der Waals surface area (Å²) in [5.74, 6) is 1.01. The number of methoxy groups -OCH3 is 1. The highest BCUT2D eigenvalue weighted by Gasteiger charge is 2.23. The molecule has 6 rings (SSSR count). The number of fused-ring (bicyclic) bond motifs is 1. The van der Waals surface area contributed by atoms with Crippen LogP contribution in [0.4, 0.5) is 21.6 Å². The van der Waals surface area contributed by atoms with Crippen molar-refractivity contribution in [2.45, 2.75) is 25.8 Å². The highest BCUT2D eigenvalue weighted by atomic mass is 19.1. The number of halogens is 1. The molecule has 1 amide bonds. The second-order valence-corrected chi connectivity index (χ2v) is 10.4. The maximum absolute atomic E-state index is 15.3. The van der Waals surface area contributed by atoms with Crippen LogP contribution in [0.25, 0.3) is 16.6 Å². The highest BCUT2D eigenvalue weighted by molar-refractivity contribution is 5.95. The van der Waals surface area contributed by atoms with E-state index in [2.05, 4.69) is 37.3 Å². The van der Waals surface area contributed by atoms with Gasteiger partial charge in [-0.15, -0.1) is 5.10 Å². The Hall–Kier alpha value is -5.52. The molecule has 0 bridgehead atoms. The molecule has 1 aliphatic rings. The standard InChI is InChI=1S/C32H31FN8O3/c1-4-31(42)40-12-5-6-21(18-40)37-28-15-24-27(16-29(28)43-3)35-19-36-32(24)38-26-10-9-23(14-25(26)33)44-30-11-13-41(39-30)22-8-7-20(2)34-17-22/h4,7-11,13-17,19,21,37H,1,5-6,12,18H2,2-3H3,(H,35,36,38)/t21-/m1/s1. The number of ether oxygens (including phenoxy) is 2. The summed E-state index contributed by atoms with van der Waals surface area (Å²) in [6, 6.07) is 13.7. The predicted molar refractivity (Wildman–Crippen MR) is 165 cm³/mol. The normalized spacial score (nSPS) is 14.7. The van der Waals surface area contributed by atoms with Crippen molar-refractivity contribution in [1.82, 2.24) is 29.6 Å². The minimum atomic E-state index is -0.530. The van der Waals surface area contributed by atoms with Crippen molar-refractivity contribution in [1.29, 1.82) is 0 Å². The zero-order chi connectivity index (χ0) is 30.6. The van der Waals surface area contributed by atoms with Crippen LogP contribution in [0.1, 0.15) is 18.5 Å². The van der Waals surface area contributed by atoms with Crippen LogP contribution in [-0.2, 0) is 4.79 Å². The van der Waals surface area contributed by atoms with Gasteiger partial charge in [0, 0.05) is 54.6 Å². The van der Waals surface area contributed by atoms with E-state index in [1.165, 1.54) is 18.5 Å². The third-order valence-corrected chi connectivity index (χ3v) is 7.36. The van der Waals surface area contributed by atoms with E-state index in [0.717, 1.165) is 29.9 Å². The number of nitrogens with zero attached hydrogens (tertiary/aromatic N) is 6. The summed E-state index contributed by atoms with van der Waals surface area (Å²) in [6.07, 6.45) is 7.97. The number of aryl methyl sites for hydroxylation is 1. The number of carbonyl (C=O) groups excluding carboxylic acids is 1. The first-order valence-electron chi connectivity index (χ1n) is 14.1. The van der Waals surface area contributed by atoms with Crippen molar-refractivity contribution < 1.29 is 18.7 Å². The van der Waals surface area contributed by atoms with Gasteiger partial charge in [0.1, 0.15) is 29.5 Å². The van der Waals surface area contributed by atoms with Crippen LogP contribution in [0.15, 0.2) is 79.9 Å². The Kier molecular flexibility index (Phi) is 8.04. The zero-order valence-electron chi connectivity index (χ0n) is 24.3. The minimum absolute atomic E-state index is 0.0185. The fourth-order valence-corrected chi connectivity index (χ4v) is 5.12. The SMILES string of the molecule is C=CC(=O)N1CCC[C@@H](Nc2cc3c(Nc4ccc(Oc5ccn(-c6ccc(C)nc6)n5)cc4F)ncnc3cc2OC)C1. The third-order valence-electron chi connectivity index (χ3n) is 7.36. The number of aromatic nitrogens is 5.